The molecule has 1 aliphatic carbocycles. The van der Waals surface area contributed by atoms with Gasteiger partial charge in [-0.05, 0) is 53.9 Å². The van der Waals surface area contributed by atoms with Gasteiger partial charge in [-0.15, -0.1) is 0 Å². The summed E-state index contributed by atoms with van der Waals surface area (Å²) in [5, 5.41) is 13.2. The number of fused-ring (bicyclic) bond motifs is 1. The number of rotatable bonds is 4. The van der Waals surface area contributed by atoms with Crippen LogP contribution < -0.4 is 5.32 Å². The van der Waals surface area contributed by atoms with Gasteiger partial charge in [0.15, 0.2) is 0 Å². The van der Waals surface area contributed by atoms with Gasteiger partial charge >= 0.3 is 5.97 Å². The van der Waals surface area contributed by atoms with Gasteiger partial charge in [-0.2, -0.15) is 0 Å². The number of carboxylic acids is 1. The van der Waals surface area contributed by atoms with Gasteiger partial charge in [0.1, 0.15) is 0 Å². The van der Waals surface area contributed by atoms with Crippen molar-refractivity contribution in [3.63, 3.8) is 0 Å². The number of benzene rings is 2. The summed E-state index contributed by atoms with van der Waals surface area (Å²) in [6.45, 7) is 4.60. The Morgan fingerprint density at radius 3 is 2.64 bits per heavy atom. The van der Waals surface area contributed by atoms with Crippen molar-refractivity contribution in [3.8, 4) is 0 Å². The number of carbonyl (C=O) groups is 1. The van der Waals surface area contributed by atoms with Gasteiger partial charge in [-0.1, -0.05) is 56.3 Å². The molecule has 1 fully saturated rings. The second kappa shape index (κ2) is 5.62. The quantitative estimate of drug-likeness (QED) is 0.841. The molecule has 0 saturated heterocycles. The maximum absolute atomic E-state index is 11.5. The second-order valence-corrected chi connectivity index (χ2v) is 8.41. The van der Waals surface area contributed by atoms with Crippen molar-refractivity contribution < 1.29 is 9.90 Å². The molecule has 25 heavy (non-hydrogen) atoms. The van der Waals surface area contributed by atoms with Crippen LogP contribution in [0, 0.1) is 10.8 Å². The monoisotopic (exact) mass is 335 g/mol. The topological polar surface area (TPSA) is 49.3 Å². The average Bonchev–Trinajstić information content (AvgIpc) is 3.34. The summed E-state index contributed by atoms with van der Waals surface area (Å²) in [6.07, 6.45) is 3.27. The number of para-hydroxylation sites is 1. The fraction of sp³-hybridized carbons (Fsp3) is 0.409. The molecule has 1 unspecified atom stereocenters. The number of hydrogen-bond acceptors (Lipinski definition) is 2. The molecule has 1 saturated carbocycles. The molecule has 1 aliphatic heterocycles. The van der Waals surface area contributed by atoms with Crippen LogP contribution in [0.4, 0.5) is 5.69 Å². The molecule has 1 heterocycles. The van der Waals surface area contributed by atoms with Crippen molar-refractivity contribution in [1.29, 1.82) is 0 Å². The van der Waals surface area contributed by atoms with E-state index in [1.165, 1.54) is 16.8 Å². The zero-order valence-electron chi connectivity index (χ0n) is 14.9. The molecule has 0 radical (unpaired) electrons. The first-order chi connectivity index (χ1) is 11.9. The van der Waals surface area contributed by atoms with Crippen LogP contribution in [-0.4, -0.2) is 11.1 Å². The molecular formula is C22H25NO2. The Morgan fingerprint density at radius 2 is 1.92 bits per heavy atom. The van der Waals surface area contributed by atoms with Gasteiger partial charge < -0.3 is 10.4 Å². The minimum absolute atomic E-state index is 0.0943. The van der Waals surface area contributed by atoms with E-state index in [1.54, 1.807) is 0 Å². The third-order valence-corrected chi connectivity index (χ3v) is 5.88. The van der Waals surface area contributed by atoms with Gasteiger partial charge in [0, 0.05) is 5.69 Å². The lowest BCUT2D eigenvalue weighted by atomic mass is 9.72. The number of hydrogen-bond donors (Lipinski definition) is 2. The lowest BCUT2D eigenvalue weighted by molar-refractivity contribution is -0.143. The lowest BCUT2D eigenvalue weighted by Crippen LogP contribution is -2.35. The van der Waals surface area contributed by atoms with Crippen LogP contribution in [-0.2, 0) is 17.6 Å². The first-order valence-electron chi connectivity index (χ1n) is 9.06. The van der Waals surface area contributed by atoms with E-state index in [-0.39, 0.29) is 11.5 Å². The van der Waals surface area contributed by atoms with E-state index in [1.807, 2.05) is 0 Å². The SMILES string of the molecule is CC1(C)Cc2ccccc2NC1c1cccc(CC2(C(=O)O)CC2)c1. The summed E-state index contributed by atoms with van der Waals surface area (Å²) in [4.78, 5) is 11.5. The summed E-state index contributed by atoms with van der Waals surface area (Å²) >= 11 is 0. The molecule has 3 nitrogen and oxygen atoms in total. The fourth-order valence-corrected chi connectivity index (χ4v) is 4.18. The van der Waals surface area contributed by atoms with Crippen LogP contribution >= 0.6 is 0 Å². The van der Waals surface area contributed by atoms with Crippen LogP contribution in [0.5, 0.6) is 0 Å². The van der Waals surface area contributed by atoms with Crippen molar-refractivity contribution in [2.24, 2.45) is 10.8 Å². The van der Waals surface area contributed by atoms with Gasteiger partial charge in [0.2, 0.25) is 0 Å². The normalized spacial score (nSPS) is 22.6. The Labute approximate surface area is 149 Å². The van der Waals surface area contributed by atoms with E-state index in [2.05, 4.69) is 67.7 Å². The van der Waals surface area contributed by atoms with Crippen LogP contribution in [0.25, 0.3) is 0 Å². The van der Waals surface area contributed by atoms with Crippen LogP contribution in [0.15, 0.2) is 48.5 Å². The number of aliphatic carboxylic acids is 1. The Bertz CT molecular complexity index is 820. The molecule has 0 bridgehead atoms. The standard InChI is InChI=1S/C22H25NO2/c1-21(2)14-17-7-3-4-9-18(17)23-19(21)16-8-5-6-15(12-16)13-22(10-11-22)20(24)25/h3-9,12,19,23H,10-11,13-14H2,1-2H3,(H,24,25). The summed E-state index contributed by atoms with van der Waals surface area (Å²) in [6, 6.07) is 17.2. The smallest absolute Gasteiger partial charge is 0.309 e. The minimum atomic E-state index is -0.650. The molecule has 0 aromatic heterocycles. The van der Waals surface area contributed by atoms with E-state index in [4.69, 9.17) is 0 Å². The minimum Gasteiger partial charge on any atom is -0.481 e. The number of carboxylic acid groups (broad SMARTS) is 1. The molecule has 2 aromatic carbocycles. The lowest BCUT2D eigenvalue weighted by Gasteiger charge is -2.41. The maximum atomic E-state index is 11.5. The predicted molar refractivity (Wildman–Crippen MR) is 99.7 cm³/mol. The highest BCUT2D eigenvalue weighted by Gasteiger charge is 2.50. The van der Waals surface area contributed by atoms with Gasteiger partial charge in [0.25, 0.3) is 0 Å². The largest absolute Gasteiger partial charge is 0.481 e. The summed E-state index contributed by atoms with van der Waals surface area (Å²) in [5.41, 5.74) is 4.54. The first kappa shape index (κ1) is 16.2. The first-order valence-corrected chi connectivity index (χ1v) is 9.06. The second-order valence-electron chi connectivity index (χ2n) is 8.41. The summed E-state index contributed by atoms with van der Waals surface area (Å²) in [5.74, 6) is -0.650. The third-order valence-electron chi connectivity index (χ3n) is 5.88. The summed E-state index contributed by atoms with van der Waals surface area (Å²) < 4.78 is 0. The van der Waals surface area contributed by atoms with Gasteiger partial charge in [-0.3, -0.25) is 4.79 Å². The highest BCUT2D eigenvalue weighted by molar-refractivity contribution is 5.78. The van der Waals surface area contributed by atoms with E-state index < -0.39 is 11.4 Å². The Hall–Kier alpha value is -2.29. The molecule has 1 atom stereocenters. The molecule has 130 valence electrons. The highest BCUT2D eigenvalue weighted by atomic mass is 16.4. The van der Waals surface area contributed by atoms with Crippen molar-refractivity contribution in [1.82, 2.24) is 0 Å². The predicted octanol–water partition coefficient (Wildman–Crippen LogP) is 4.83. The molecular weight excluding hydrogens is 310 g/mol. The van der Waals surface area contributed by atoms with Crippen LogP contribution in [0.1, 0.15) is 49.4 Å². The molecule has 2 aliphatic rings. The Kier molecular flexibility index (Phi) is 3.64. The highest BCUT2D eigenvalue weighted by Crippen LogP contribution is 2.49. The number of nitrogens with one attached hydrogen (secondary N) is 1. The van der Waals surface area contributed by atoms with Crippen molar-refractivity contribution in [2.75, 3.05) is 5.32 Å². The van der Waals surface area contributed by atoms with Gasteiger partial charge in [0.05, 0.1) is 11.5 Å². The van der Waals surface area contributed by atoms with Crippen molar-refractivity contribution >= 4 is 11.7 Å². The van der Waals surface area contributed by atoms with Crippen LogP contribution in [0.2, 0.25) is 0 Å². The molecule has 2 N–H and O–H groups in total. The zero-order chi connectivity index (χ0) is 17.7. The van der Waals surface area contributed by atoms with Crippen LogP contribution in [0.3, 0.4) is 0 Å². The van der Waals surface area contributed by atoms with E-state index >= 15 is 0 Å². The third kappa shape index (κ3) is 2.92. The molecule has 0 amide bonds. The molecule has 4 rings (SSSR count). The van der Waals surface area contributed by atoms with Crippen molar-refractivity contribution in [3.05, 3.63) is 65.2 Å². The van der Waals surface area contributed by atoms with E-state index in [0.29, 0.717) is 6.42 Å². The van der Waals surface area contributed by atoms with Crippen molar-refractivity contribution in [2.45, 2.75) is 45.6 Å². The van der Waals surface area contributed by atoms with E-state index in [0.717, 1.165) is 24.8 Å². The maximum Gasteiger partial charge on any atom is 0.309 e. The molecule has 3 heteroatoms. The Morgan fingerprint density at radius 1 is 1.16 bits per heavy atom. The Balaban J connectivity index is 1.63. The average molecular weight is 335 g/mol. The molecule has 2 aromatic rings. The zero-order valence-corrected chi connectivity index (χ0v) is 14.9. The molecule has 0 spiro atoms. The van der Waals surface area contributed by atoms with E-state index in [9.17, 15) is 9.90 Å². The number of anilines is 1. The fourth-order valence-electron chi connectivity index (χ4n) is 4.18. The van der Waals surface area contributed by atoms with Gasteiger partial charge in [-0.25, -0.2) is 0 Å². The summed E-state index contributed by atoms with van der Waals surface area (Å²) in [7, 11) is 0.